The second-order valence-corrected chi connectivity index (χ2v) is 5.70. The first-order valence-corrected chi connectivity index (χ1v) is 7.16. The fourth-order valence-corrected chi connectivity index (χ4v) is 2.48. The maximum atomic E-state index is 11.2. The summed E-state index contributed by atoms with van der Waals surface area (Å²) in [6.45, 7) is 0. The van der Waals surface area contributed by atoms with Gasteiger partial charge in [0.2, 0.25) is 10.0 Å². The van der Waals surface area contributed by atoms with Crippen molar-refractivity contribution in [3.8, 4) is 11.3 Å². The molecule has 0 unspecified atom stereocenters. The Morgan fingerprint density at radius 3 is 2.47 bits per heavy atom. The number of nitrogens with zero attached hydrogens (tertiary/aromatic N) is 2. The highest BCUT2D eigenvalue weighted by atomic mass is 32.2. The Balaban J connectivity index is 2.12. The summed E-state index contributed by atoms with van der Waals surface area (Å²) in [5.74, 6) is 0. The van der Waals surface area contributed by atoms with E-state index >= 15 is 0 Å². The number of aromatic nitrogens is 2. The van der Waals surface area contributed by atoms with Crippen molar-refractivity contribution in [2.75, 3.05) is 0 Å². The number of hydrogen-bond acceptors (Lipinski definition) is 3. The first kappa shape index (κ1) is 11.9. The van der Waals surface area contributed by atoms with Crippen molar-refractivity contribution in [2.45, 2.75) is 4.90 Å². The lowest BCUT2D eigenvalue weighted by atomic mass is 10.2. The molecular formula is C13H11N3O2S. The first-order chi connectivity index (χ1) is 9.05. The van der Waals surface area contributed by atoms with E-state index in [0.29, 0.717) is 0 Å². The van der Waals surface area contributed by atoms with E-state index in [1.54, 1.807) is 18.3 Å². The third-order valence-corrected chi connectivity index (χ3v) is 3.82. The van der Waals surface area contributed by atoms with Crippen molar-refractivity contribution in [3.63, 3.8) is 0 Å². The summed E-state index contributed by atoms with van der Waals surface area (Å²) >= 11 is 0. The fourth-order valence-electron chi connectivity index (χ4n) is 1.96. The number of pyridine rings is 1. The van der Waals surface area contributed by atoms with Gasteiger partial charge >= 0.3 is 0 Å². The number of rotatable bonds is 2. The van der Waals surface area contributed by atoms with Crippen LogP contribution in [0.1, 0.15) is 0 Å². The van der Waals surface area contributed by atoms with Crippen molar-refractivity contribution in [2.24, 2.45) is 5.14 Å². The summed E-state index contributed by atoms with van der Waals surface area (Å²) in [6.07, 6.45) is 3.66. The van der Waals surface area contributed by atoms with Crippen LogP contribution in [0, 0.1) is 0 Å². The number of hydrogen-bond donors (Lipinski definition) is 1. The smallest absolute Gasteiger partial charge is 0.238 e. The lowest BCUT2D eigenvalue weighted by Crippen LogP contribution is -2.11. The van der Waals surface area contributed by atoms with Gasteiger partial charge in [-0.3, -0.25) is 4.40 Å². The summed E-state index contributed by atoms with van der Waals surface area (Å²) in [5, 5.41) is 5.07. The van der Waals surface area contributed by atoms with E-state index in [-0.39, 0.29) is 4.90 Å². The van der Waals surface area contributed by atoms with Crippen LogP contribution in [-0.2, 0) is 10.0 Å². The highest BCUT2D eigenvalue weighted by molar-refractivity contribution is 7.89. The largest absolute Gasteiger partial charge is 0.300 e. The Morgan fingerprint density at radius 2 is 1.79 bits per heavy atom. The van der Waals surface area contributed by atoms with E-state index < -0.39 is 10.0 Å². The van der Waals surface area contributed by atoms with Crippen molar-refractivity contribution in [1.29, 1.82) is 0 Å². The zero-order chi connectivity index (χ0) is 13.5. The summed E-state index contributed by atoms with van der Waals surface area (Å²) in [5.41, 5.74) is 2.62. The Bertz CT molecular complexity index is 836. The van der Waals surface area contributed by atoms with Gasteiger partial charge in [-0.1, -0.05) is 18.2 Å². The van der Waals surface area contributed by atoms with Crippen LogP contribution in [0.2, 0.25) is 0 Å². The number of primary sulfonamides is 1. The first-order valence-electron chi connectivity index (χ1n) is 5.61. The minimum absolute atomic E-state index is 0.102. The SMILES string of the molecule is NS(=O)(=O)c1ccc(-c2cnc3ccccn23)cc1. The monoisotopic (exact) mass is 273 g/mol. The molecule has 0 saturated carbocycles. The van der Waals surface area contributed by atoms with E-state index in [1.165, 1.54) is 12.1 Å². The maximum absolute atomic E-state index is 11.2. The molecule has 2 N–H and O–H groups in total. The number of sulfonamides is 1. The van der Waals surface area contributed by atoms with Crippen molar-refractivity contribution < 1.29 is 8.42 Å². The van der Waals surface area contributed by atoms with Gasteiger partial charge in [-0.15, -0.1) is 0 Å². The molecule has 2 aromatic heterocycles. The van der Waals surface area contributed by atoms with Crippen molar-refractivity contribution >= 4 is 15.7 Å². The normalized spacial score (nSPS) is 11.8. The Hall–Kier alpha value is -2.18. The van der Waals surface area contributed by atoms with Crippen LogP contribution < -0.4 is 5.14 Å². The molecule has 3 aromatic rings. The second kappa shape index (κ2) is 4.18. The molecular weight excluding hydrogens is 262 g/mol. The minimum Gasteiger partial charge on any atom is -0.300 e. The number of fused-ring (bicyclic) bond motifs is 1. The molecule has 0 amide bonds. The minimum atomic E-state index is -3.65. The number of imidazole rings is 1. The third-order valence-electron chi connectivity index (χ3n) is 2.90. The van der Waals surface area contributed by atoms with Crippen LogP contribution in [-0.4, -0.2) is 17.8 Å². The van der Waals surface area contributed by atoms with Crippen LogP contribution in [0.4, 0.5) is 0 Å². The summed E-state index contributed by atoms with van der Waals surface area (Å²) in [7, 11) is -3.65. The van der Waals surface area contributed by atoms with Gasteiger partial charge in [-0.25, -0.2) is 18.5 Å². The Morgan fingerprint density at radius 1 is 1.05 bits per heavy atom. The van der Waals surface area contributed by atoms with E-state index in [9.17, 15) is 8.42 Å². The van der Waals surface area contributed by atoms with Gasteiger partial charge < -0.3 is 0 Å². The van der Waals surface area contributed by atoms with Crippen molar-refractivity contribution in [3.05, 3.63) is 54.9 Å². The lowest BCUT2D eigenvalue weighted by Gasteiger charge is -2.03. The molecule has 1 aromatic carbocycles. The highest BCUT2D eigenvalue weighted by Gasteiger charge is 2.09. The molecule has 0 aliphatic rings. The van der Waals surface area contributed by atoms with Gasteiger partial charge in [-0.05, 0) is 24.3 Å². The Kier molecular flexibility index (Phi) is 2.62. The lowest BCUT2D eigenvalue weighted by molar-refractivity contribution is 0.598. The molecule has 0 saturated heterocycles. The third kappa shape index (κ3) is 2.11. The molecule has 0 fully saturated rings. The van der Waals surface area contributed by atoms with Gasteiger partial charge in [-0.2, -0.15) is 0 Å². The molecule has 0 bridgehead atoms. The number of nitrogens with two attached hydrogens (primary N) is 1. The molecule has 19 heavy (non-hydrogen) atoms. The molecule has 6 heteroatoms. The molecule has 2 heterocycles. The van der Waals surface area contributed by atoms with Crippen LogP contribution in [0.3, 0.4) is 0 Å². The van der Waals surface area contributed by atoms with Crippen LogP contribution in [0.25, 0.3) is 16.9 Å². The van der Waals surface area contributed by atoms with E-state index in [2.05, 4.69) is 4.98 Å². The van der Waals surface area contributed by atoms with Crippen LogP contribution >= 0.6 is 0 Å². The zero-order valence-corrected chi connectivity index (χ0v) is 10.7. The average molecular weight is 273 g/mol. The van der Waals surface area contributed by atoms with Crippen molar-refractivity contribution in [1.82, 2.24) is 9.38 Å². The van der Waals surface area contributed by atoms with Gasteiger partial charge in [0.15, 0.2) is 0 Å². The molecule has 0 spiro atoms. The predicted molar refractivity (Wildman–Crippen MR) is 72.0 cm³/mol. The van der Waals surface area contributed by atoms with E-state index in [4.69, 9.17) is 5.14 Å². The Labute approximate surface area is 110 Å². The van der Waals surface area contributed by atoms with Gasteiger partial charge in [0.05, 0.1) is 16.8 Å². The standard InChI is InChI=1S/C13H11N3O2S/c14-19(17,18)11-6-4-10(5-7-11)12-9-15-13-3-1-2-8-16(12)13/h1-9H,(H2,14,17,18). The molecule has 96 valence electrons. The molecule has 0 atom stereocenters. The van der Waals surface area contributed by atoms with Gasteiger partial charge in [0, 0.05) is 11.8 Å². The van der Waals surface area contributed by atoms with E-state index in [1.807, 2.05) is 28.8 Å². The molecule has 3 rings (SSSR count). The topological polar surface area (TPSA) is 77.5 Å². The number of benzene rings is 1. The zero-order valence-electron chi connectivity index (χ0n) is 9.89. The second-order valence-electron chi connectivity index (χ2n) is 4.14. The molecule has 0 radical (unpaired) electrons. The molecule has 0 aliphatic heterocycles. The maximum Gasteiger partial charge on any atom is 0.238 e. The van der Waals surface area contributed by atoms with E-state index in [0.717, 1.165) is 16.9 Å². The average Bonchev–Trinajstić information content (AvgIpc) is 2.82. The van der Waals surface area contributed by atoms with Gasteiger partial charge in [0.1, 0.15) is 5.65 Å². The van der Waals surface area contributed by atoms with Crippen LogP contribution in [0.15, 0.2) is 59.8 Å². The van der Waals surface area contributed by atoms with Crippen LogP contribution in [0.5, 0.6) is 0 Å². The molecule has 5 nitrogen and oxygen atoms in total. The summed E-state index contributed by atoms with van der Waals surface area (Å²) in [6, 6.07) is 12.2. The summed E-state index contributed by atoms with van der Waals surface area (Å²) in [4.78, 5) is 4.39. The fraction of sp³-hybridized carbons (Fsp3) is 0. The summed E-state index contributed by atoms with van der Waals surface area (Å²) < 4.78 is 24.3. The van der Waals surface area contributed by atoms with Gasteiger partial charge in [0.25, 0.3) is 0 Å². The quantitative estimate of drug-likeness (QED) is 0.771. The molecule has 0 aliphatic carbocycles. The highest BCUT2D eigenvalue weighted by Crippen LogP contribution is 2.22. The predicted octanol–water partition coefficient (Wildman–Crippen LogP) is 1.65.